The van der Waals surface area contributed by atoms with E-state index in [0.717, 1.165) is 0 Å². The number of benzene rings is 1. The van der Waals surface area contributed by atoms with Crippen LogP contribution in [0.25, 0.3) is 0 Å². The number of carbonyl (C=O) groups excluding carboxylic acids is 3. The molecule has 7 nitrogen and oxygen atoms in total. The predicted octanol–water partition coefficient (Wildman–Crippen LogP) is 1.97. The van der Waals surface area contributed by atoms with E-state index in [1.165, 1.54) is 16.2 Å². The molecule has 0 saturated heterocycles. The summed E-state index contributed by atoms with van der Waals surface area (Å²) in [6.45, 7) is -0.490. The first-order valence-electron chi connectivity index (χ1n) is 7.81. The molecule has 0 fully saturated rings. The third-order valence-corrected chi connectivity index (χ3v) is 4.18. The summed E-state index contributed by atoms with van der Waals surface area (Å²) in [7, 11) is 0. The Kier molecular flexibility index (Phi) is 7.33. The molecule has 0 saturated carbocycles. The number of hydrogen-bond donors (Lipinski definition) is 1. The lowest BCUT2D eigenvalue weighted by Crippen LogP contribution is -2.35. The van der Waals surface area contributed by atoms with Crippen LogP contribution in [0.5, 0.6) is 0 Å². The van der Waals surface area contributed by atoms with Gasteiger partial charge in [-0.15, -0.1) is 11.3 Å². The molecule has 0 aliphatic carbocycles. The average molecular weight is 371 g/mol. The standard InChI is InChI=1S/C18H17N3O4S/c19-9-11-21(14-5-2-1-3-6-14)16(22)13-25-17(23)8-10-20-18(24)15-7-4-12-26-15/h1-7,12H,8,10-11,13H2,(H,20,24). The van der Waals surface area contributed by atoms with E-state index >= 15 is 0 Å². The lowest BCUT2D eigenvalue weighted by molar-refractivity contribution is -0.147. The Bertz CT molecular complexity index is 785. The zero-order chi connectivity index (χ0) is 18.8. The highest BCUT2D eigenvalue weighted by Crippen LogP contribution is 2.13. The number of carbonyl (C=O) groups is 3. The van der Waals surface area contributed by atoms with Gasteiger partial charge in [0, 0.05) is 12.2 Å². The molecule has 26 heavy (non-hydrogen) atoms. The highest BCUT2D eigenvalue weighted by molar-refractivity contribution is 7.12. The average Bonchev–Trinajstić information content (AvgIpc) is 3.19. The lowest BCUT2D eigenvalue weighted by atomic mass is 10.3. The van der Waals surface area contributed by atoms with Crippen LogP contribution in [0.3, 0.4) is 0 Å². The monoisotopic (exact) mass is 371 g/mol. The number of nitrogens with zero attached hydrogens (tertiary/aromatic N) is 2. The second kappa shape index (κ2) is 9.96. The van der Waals surface area contributed by atoms with E-state index in [4.69, 9.17) is 10.00 Å². The molecule has 1 N–H and O–H groups in total. The molecule has 0 atom stereocenters. The summed E-state index contributed by atoms with van der Waals surface area (Å²) in [4.78, 5) is 37.5. The fourth-order valence-corrected chi connectivity index (χ4v) is 2.71. The van der Waals surface area contributed by atoms with E-state index in [-0.39, 0.29) is 25.4 Å². The third kappa shape index (κ3) is 5.72. The number of thiophene rings is 1. The minimum atomic E-state index is -0.602. The lowest BCUT2D eigenvalue weighted by Gasteiger charge is -2.19. The summed E-state index contributed by atoms with van der Waals surface area (Å²) in [6.07, 6.45) is -0.0476. The molecule has 0 bridgehead atoms. The van der Waals surface area contributed by atoms with Gasteiger partial charge in [0.15, 0.2) is 6.61 Å². The van der Waals surface area contributed by atoms with E-state index in [9.17, 15) is 14.4 Å². The largest absolute Gasteiger partial charge is 0.455 e. The van der Waals surface area contributed by atoms with Crippen molar-refractivity contribution in [3.63, 3.8) is 0 Å². The van der Waals surface area contributed by atoms with Gasteiger partial charge >= 0.3 is 5.97 Å². The SMILES string of the molecule is N#CCN(C(=O)COC(=O)CCNC(=O)c1cccs1)c1ccccc1. The van der Waals surface area contributed by atoms with Gasteiger partial charge in [0.25, 0.3) is 11.8 Å². The van der Waals surface area contributed by atoms with Crippen molar-refractivity contribution in [2.45, 2.75) is 6.42 Å². The smallest absolute Gasteiger partial charge is 0.308 e. The van der Waals surface area contributed by atoms with E-state index in [2.05, 4.69) is 5.32 Å². The van der Waals surface area contributed by atoms with Crippen LogP contribution in [0.1, 0.15) is 16.1 Å². The molecule has 2 aromatic rings. The molecule has 8 heteroatoms. The number of nitrogens with one attached hydrogen (secondary N) is 1. The van der Waals surface area contributed by atoms with Crippen LogP contribution < -0.4 is 10.2 Å². The van der Waals surface area contributed by atoms with Crippen LogP contribution in [-0.4, -0.2) is 37.5 Å². The molecule has 0 unspecified atom stereocenters. The number of ether oxygens (including phenoxy) is 1. The molecule has 2 amide bonds. The highest BCUT2D eigenvalue weighted by atomic mass is 32.1. The fourth-order valence-electron chi connectivity index (χ4n) is 2.07. The second-order valence-electron chi connectivity index (χ2n) is 5.12. The van der Waals surface area contributed by atoms with Gasteiger partial charge in [-0.1, -0.05) is 24.3 Å². The second-order valence-corrected chi connectivity index (χ2v) is 6.07. The molecule has 134 valence electrons. The van der Waals surface area contributed by atoms with Crippen molar-refractivity contribution in [3.05, 3.63) is 52.7 Å². The Labute approximate surface area is 154 Å². The summed E-state index contributed by atoms with van der Waals surface area (Å²) >= 11 is 1.31. The van der Waals surface area contributed by atoms with E-state index < -0.39 is 18.5 Å². The zero-order valence-electron chi connectivity index (χ0n) is 13.9. The van der Waals surface area contributed by atoms with Crippen LogP contribution in [0, 0.1) is 11.3 Å². The number of rotatable bonds is 8. The maximum atomic E-state index is 12.2. The Morgan fingerprint density at radius 1 is 1.15 bits per heavy atom. The Hall–Kier alpha value is -3.18. The Morgan fingerprint density at radius 2 is 1.92 bits per heavy atom. The minimum Gasteiger partial charge on any atom is -0.455 e. The summed E-state index contributed by atoms with van der Waals surface area (Å²) in [6, 6.07) is 14.0. The number of nitriles is 1. The van der Waals surface area contributed by atoms with Crippen molar-refractivity contribution >= 4 is 34.8 Å². The molecule has 1 aromatic heterocycles. The predicted molar refractivity (Wildman–Crippen MR) is 96.6 cm³/mol. The number of amides is 2. The number of hydrogen-bond acceptors (Lipinski definition) is 6. The topological polar surface area (TPSA) is 99.5 Å². The van der Waals surface area contributed by atoms with Crippen molar-refractivity contribution < 1.29 is 19.1 Å². The first-order valence-corrected chi connectivity index (χ1v) is 8.69. The van der Waals surface area contributed by atoms with Crippen LogP contribution in [0.4, 0.5) is 5.69 Å². The van der Waals surface area contributed by atoms with Gasteiger partial charge in [-0.05, 0) is 23.6 Å². The first-order chi connectivity index (χ1) is 12.6. The molecular formula is C18H17N3O4S. The van der Waals surface area contributed by atoms with Crippen LogP contribution in [0.15, 0.2) is 47.8 Å². The molecule has 0 spiro atoms. The van der Waals surface area contributed by atoms with Crippen molar-refractivity contribution in [2.24, 2.45) is 0 Å². The Morgan fingerprint density at radius 3 is 2.58 bits per heavy atom. The first kappa shape index (κ1) is 19.1. The van der Waals surface area contributed by atoms with Crippen molar-refractivity contribution in [1.29, 1.82) is 5.26 Å². The van der Waals surface area contributed by atoms with E-state index in [0.29, 0.717) is 10.6 Å². The van der Waals surface area contributed by atoms with Gasteiger partial charge in [0.1, 0.15) is 6.54 Å². The molecule has 0 aliphatic heterocycles. The maximum Gasteiger partial charge on any atom is 0.308 e. The molecule has 1 heterocycles. The summed E-state index contributed by atoms with van der Waals surface area (Å²) in [5.41, 5.74) is 0.554. The zero-order valence-corrected chi connectivity index (χ0v) is 14.7. The van der Waals surface area contributed by atoms with Crippen molar-refractivity contribution in [3.8, 4) is 6.07 Å². The number of para-hydroxylation sites is 1. The third-order valence-electron chi connectivity index (χ3n) is 3.31. The van der Waals surface area contributed by atoms with Crippen LogP contribution >= 0.6 is 11.3 Å². The number of esters is 1. The summed E-state index contributed by atoms with van der Waals surface area (Å²) < 4.78 is 4.94. The van der Waals surface area contributed by atoms with Crippen LogP contribution in [0.2, 0.25) is 0 Å². The molecule has 1 aromatic carbocycles. The summed E-state index contributed by atoms with van der Waals surface area (Å²) in [5, 5.41) is 13.3. The normalized spacial score (nSPS) is 9.81. The Balaban J connectivity index is 1.76. The molecule has 2 rings (SSSR count). The van der Waals surface area contributed by atoms with Gasteiger partial charge in [-0.25, -0.2) is 0 Å². The summed E-state index contributed by atoms with van der Waals surface area (Å²) in [5.74, 6) is -1.35. The van der Waals surface area contributed by atoms with Crippen LogP contribution in [-0.2, 0) is 14.3 Å². The van der Waals surface area contributed by atoms with Gasteiger partial charge in [0.2, 0.25) is 0 Å². The molecular weight excluding hydrogens is 354 g/mol. The molecule has 0 radical (unpaired) electrons. The van der Waals surface area contributed by atoms with E-state index in [1.807, 2.05) is 6.07 Å². The quantitative estimate of drug-likeness (QED) is 0.565. The minimum absolute atomic E-state index is 0.0476. The van der Waals surface area contributed by atoms with Crippen molar-refractivity contribution in [1.82, 2.24) is 5.32 Å². The molecule has 0 aliphatic rings. The van der Waals surface area contributed by atoms with Gasteiger partial charge in [-0.3, -0.25) is 19.3 Å². The van der Waals surface area contributed by atoms with Gasteiger partial charge in [0.05, 0.1) is 17.4 Å². The highest BCUT2D eigenvalue weighted by Gasteiger charge is 2.17. The van der Waals surface area contributed by atoms with E-state index in [1.54, 1.807) is 47.8 Å². The fraction of sp³-hybridized carbons (Fsp3) is 0.222. The van der Waals surface area contributed by atoms with Gasteiger partial charge in [-0.2, -0.15) is 5.26 Å². The maximum absolute atomic E-state index is 12.2. The van der Waals surface area contributed by atoms with Crippen molar-refractivity contribution in [2.75, 3.05) is 24.6 Å². The number of anilines is 1. The van der Waals surface area contributed by atoms with Gasteiger partial charge < -0.3 is 10.1 Å².